The molecule has 0 amide bonds. The van der Waals surface area contributed by atoms with E-state index in [2.05, 4.69) is 0 Å². The Morgan fingerprint density at radius 2 is 1.71 bits per heavy atom. The zero-order valence-corrected chi connectivity index (χ0v) is 20.7. The van der Waals surface area contributed by atoms with Crippen LogP contribution in [0.3, 0.4) is 0 Å². The Balaban J connectivity index is 2.77. The number of hydrogen-bond donors (Lipinski definition) is 2. The minimum Gasteiger partial charge on any atom is -0.481 e. The molecule has 0 radical (unpaired) electrons. The number of ketones is 1. The van der Waals surface area contributed by atoms with E-state index in [0.717, 1.165) is 0 Å². The number of hydrogen-bond acceptors (Lipinski definition) is 6. The Morgan fingerprint density at radius 3 is 2.23 bits per heavy atom. The molecule has 1 heterocycles. The normalized spacial score (nSPS) is 12.4. The van der Waals surface area contributed by atoms with E-state index in [4.69, 9.17) is 14.8 Å². The number of carboxylic acid groups (broad SMARTS) is 1. The predicted octanol–water partition coefficient (Wildman–Crippen LogP) is 5.12. The van der Waals surface area contributed by atoms with Gasteiger partial charge < -0.3 is 14.9 Å². The Hall–Kier alpha value is -3.39. The average Bonchev–Trinajstić information content (AvgIpc) is 2.76. The summed E-state index contributed by atoms with van der Waals surface area (Å²) in [5.74, 6) is -3.07. The maximum absolute atomic E-state index is 13.6. The van der Waals surface area contributed by atoms with E-state index in [9.17, 15) is 23.9 Å². The van der Waals surface area contributed by atoms with Crippen molar-refractivity contribution >= 4 is 23.8 Å². The maximum Gasteiger partial charge on any atom is 0.340 e. The van der Waals surface area contributed by atoms with E-state index < -0.39 is 36.1 Å². The molecule has 0 spiro atoms. The number of rotatable bonds is 11. The molecule has 8 heteroatoms. The molecule has 7 nitrogen and oxygen atoms in total. The number of aliphatic hydroxyl groups excluding tert-OH is 1. The first-order chi connectivity index (χ1) is 16.5. The van der Waals surface area contributed by atoms with Crippen LogP contribution in [0.2, 0.25) is 0 Å². The van der Waals surface area contributed by atoms with Gasteiger partial charge in [0.25, 0.3) is 0 Å². The maximum atomic E-state index is 13.6. The van der Waals surface area contributed by atoms with E-state index in [-0.39, 0.29) is 24.9 Å². The van der Waals surface area contributed by atoms with Crippen LogP contribution in [0.5, 0.6) is 0 Å². The van der Waals surface area contributed by atoms with Gasteiger partial charge in [-0.15, -0.1) is 0 Å². The van der Waals surface area contributed by atoms with Crippen LogP contribution >= 0.6 is 0 Å². The van der Waals surface area contributed by atoms with Crippen LogP contribution in [0.15, 0.2) is 30.3 Å². The van der Waals surface area contributed by atoms with Crippen LogP contribution in [-0.2, 0) is 14.3 Å². The fourth-order valence-corrected chi connectivity index (χ4v) is 3.82. The van der Waals surface area contributed by atoms with Gasteiger partial charge in [-0.2, -0.15) is 0 Å². The van der Waals surface area contributed by atoms with Gasteiger partial charge in [-0.1, -0.05) is 39.8 Å². The number of aliphatic hydroxyl groups is 1. The third-order valence-corrected chi connectivity index (χ3v) is 5.29. The molecule has 1 aromatic carbocycles. The molecule has 2 rings (SSSR count). The minimum absolute atomic E-state index is 0.122. The number of carbonyl (C=O) groups excluding carboxylic acids is 2. The summed E-state index contributed by atoms with van der Waals surface area (Å²) in [7, 11) is 0. The van der Waals surface area contributed by atoms with E-state index in [0.29, 0.717) is 33.6 Å². The second-order valence-electron chi connectivity index (χ2n) is 8.82. The van der Waals surface area contributed by atoms with Crippen molar-refractivity contribution in [1.82, 2.24) is 4.98 Å². The van der Waals surface area contributed by atoms with Crippen molar-refractivity contribution in [2.45, 2.75) is 65.4 Å². The first kappa shape index (κ1) is 27.9. The number of halogens is 1. The van der Waals surface area contributed by atoms with Crippen molar-refractivity contribution in [2.24, 2.45) is 0 Å². The molecule has 188 valence electrons. The molecular weight excluding hydrogens is 453 g/mol. The van der Waals surface area contributed by atoms with Crippen molar-refractivity contribution in [3.8, 4) is 11.3 Å². The number of pyridine rings is 1. The van der Waals surface area contributed by atoms with Gasteiger partial charge >= 0.3 is 11.9 Å². The number of benzene rings is 1. The number of esters is 1. The highest BCUT2D eigenvalue weighted by molar-refractivity contribution is 5.96. The summed E-state index contributed by atoms with van der Waals surface area (Å²) in [6, 6.07) is 5.79. The summed E-state index contributed by atoms with van der Waals surface area (Å²) in [6.07, 6.45) is 0.666. The molecule has 0 saturated heterocycles. The molecule has 35 heavy (non-hydrogen) atoms. The standard InChI is InChI=1S/C27H32FNO6/c1-6-35-27(34)24-23(15(2)3)21(12-11-19(30)13-20(31)14-22(32)33)26(29-25(24)16(4)5)17-7-9-18(28)10-8-17/h7-12,15-16,19,30H,6,13-14H2,1-5H3,(H,32,33). The lowest BCUT2D eigenvalue weighted by Crippen LogP contribution is -2.18. The molecule has 1 unspecified atom stereocenters. The van der Waals surface area contributed by atoms with Crippen molar-refractivity contribution in [3.05, 3.63) is 58.5 Å². The molecule has 2 N–H and O–H groups in total. The average molecular weight is 486 g/mol. The number of aromatic nitrogens is 1. The zero-order chi connectivity index (χ0) is 26.3. The van der Waals surface area contributed by atoms with E-state index in [1.165, 1.54) is 18.2 Å². The Kier molecular flexibility index (Phi) is 9.83. The summed E-state index contributed by atoms with van der Waals surface area (Å²) in [6.45, 7) is 9.56. The number of aliphatic carboxylic acids is 1. The monoisotopic (exact) mass is 485 g/mol. The number of carbonyl (C=O) groups is 3. The predicted molar refractivity (Wildman–Crippen MR) is 131 cm³/mol. The van der Waals surface area contributed by atoms with Gasteiger partial charge in [-0.05, 0) is 48.6 Å². The Bertz CT molecular complexity index is 1110. The van der Waals surface area contributed by atoms with Crippen LogP contribution in [0.4, 0.5) is 4.39 Å². The molecular formula is C27H32FNO6. The Labute approximate surface area is 204 Å². The lowest BCUT2D eigenvalue weighted by atomic mass is 9.85. The minimum atomic E-state index is -1.26. The molecule has 0 aliphatic carbocycles. The first-order valence-electron chi connectivity index (χ1n) is 11.6. The highest BCUT2D eigenvalue weighted by Gasteiger charge is 2.28. The van der Waals surface area contributed by atoms with Crippen LogP contribution in [0, 0.1) is 5.82 Å². The van der Waals surface area contributed by atoms with Crippen molar-refractivity contribution in [2.75, 3.05) is 6.61 Å². The third kappa shape index (κ3) is 7.29. The van der Waals surface area contributed by atoms with E-state index in [1.807, 2.05) is 27.7 Å². The fraction of sp³-hybridized carbons (Fsp3) is 0.407. The van der Waals surface area contributed by atoms with Gasteiger partial charge in [-0.3, -0.25) is 14.6 Å². The highest BCUT2D eigenvalue weighted by atomic mass is 19.1. The Morgan fingerprint density at radius 1 is 1.09 bits per heavy atom. The number of ether oxygens (including phenoxy) is 1. The van der Waals surface area contributed by atoms with Crippen LogP contribution < -0.4 is 0 Å². The molecule has 1 aromatic heterocycles. The van der Waals surface area contributed by atoms with E-state index >= 15 is 0 Å². The first-order valence-corrected chi connectivity index (χ1v) is 11.6. The van der Waals surface area contributed by atoms with Crippen LogP contribution in [-0.4, -0.2) is 45.6 Å². The third-order valence-electron chi connectivity index (χ3n) is 5.29. The summed E-state index contributed by atoms with van der Waals surface area (Å²) in [4.78, 5) is 40.4. The van der Waals surface area contributed by atoms with Gasteiger partial charge in [0.1, 0.15) is 18.0 Å². The van der Waals surface area contributed by atoms with E-state index in [1.54, 1.807) is 25.1 Å². The number of nitrogens with zero attached hydrogens (tertiary/aromatic N) is 1. The zero-order valence-electron chi connectivity index (χ0n) is 20.7. The second kappa shape index (κ2) is 12.4. The summed E-state index contributed by atoms with van der Waals surface area (Å²) >= 11 is 0. The molecule has 0 bridgehead atoms. The van der Waals surface area contributed by atoms with Gasteiger partial charge in [0.05, 0.1) is 29.7 Å². The highest BCUT2D eigenvalue weighted by Crippen LogP contribution is 2.37. The molecule has 0 aliphatic rings. The SMILES string of the molecule is CCOC(=O)c1c(C(C)C)nc(-c2ccc(F)cc2)c(C=CC(O)CC(=O)CC(=O)O)c1C(C)C. The number of Topliss-reactive ketones (excluding diaryl/α,β-unsaturated/α-hetero) is 1. The van der Waals surface area contributed by atoms with Gasteiger partial charge in [0, 0.05) is 17.5 Å². The van der Waals surface area contributed by atoms with Crippen molar-refractivity contribution < 1.29 is 33.7 Å². The lowest BCUT2D eigenvalue weighted by molar-refractivity contribution is -0.140. The quantitative estimate of drug-likeness (QED) is 0.335. The smallest absolute Gasteiger partial charge is 0.340 e. The molecule has 0 aliphatic heterocycles. The van der Waals surface area contributed by atoms with Gasteiger partial charge in [-0.25, -0.2) is 9.18 Å². The van der Waals surface area contributed by atoms with Gasteiger partial charge in [0.15, 0.2) is 0 Å². The topological polar surface area (TPSA) is 114 Å². The molecule has 2 aromatic rings. The van der Waals surface area contributed by atoms with Crippen LogP contribution in [0.1, 0.15) is 86.5 Å². The number of carboxylic acids is 1. The van der Waals surface area contributed by atoms with Crippen molar-refractivity contribution in [3.63, 3.8) is 0 Å². The summed E-state index contributed by atoms with van der Waals surface area (Å²) in [5.41, 5.74) is 3.18. The molecule has 1 atom stereocenters. The summed E-state index contributed by atoms with van der Waals surface area (Å²) < 4.78 is 19.0. The van der Waals surface area contributed by atoms with Gasteiger partial charge in [0.2, 0.25) is 0 Å². The summed E-state index contributed by atoms with van der Waals surface area (Å²) in [5, 5.41) is 19.1. The fourth-order valence-electron chi connectivity index (χ4n) is 3.82. The lowest BCUT2D eigenvalue weighted by Gasteiger charge is -2.23. The van der Waals surface area contributed by atoms with Crippen molar-refractivity contribution in [1.29, 1.82) is 0 Å². The molecule has 0 saturated carbocycles. The largest absolute Gasteiger partial charge is 0.481 e. The van der Waals surface area contributed by atoms with Crippen LogP contribution in [0.25, 0.3) is 17.3 Å². The molecule has 0 fully saturated rings. The second-order valence-corrected chi connectivity index (χ2v) is 8.82.